The Kier molecular flexibility index (Phi) is 8.67. The molecule has 1 unspecified atom stereocenters. The van der Waals surface area contributed by atoms with Gasteiger partial charge < -0.3 is 24.8 Å². The van der Waals surface area contributed by atoms with Crippen LogP contribution in [0.5, 0.6) is 0 Å². The molecule has 0 amide bonds. The van der Waals surface area contributed by atoms with Gasteiger partial charge >= 0.3 is 168 Å². The van der Waals surface area contributed by atoms with Crippen molar-refractivity contribution in [2.24, 2.45) is 0 Å². The van der Waals surface area contributed by atoms with Crippen LogP contribution in [0.25, 0.3) is 27.1 Å². The van der Waals surface area contributed by atoms with Gasteiger partial charge in [0.1, 0.15) is 0 Å². The summed E-state index contributed by atoms with van der Waals surface area (Å²) in [5, 5.41) is 10.7. The van der Waals surface area contributed by atoms with Gasteiger partial charge in [0.25, 0.3) is 0 Å². The zero-order chi connectivity index (χ0) is 19.6. The normalized spacial score (nSPS) is 15.5. The van der Waals surface area contributed by atoms with Gasteiger partial charge in [-0.3, -0.25) is 0 Å². The van der Waals surface area contributed by atoms with Crippen molar-refractivity contribution >= 4 is 38.1 Å². The molecule has 0 aliphatic heterocycles. The number of benzene rings is 3. The maximum absolute atomic E-state index is 4.06. The Morgan fingerprint density at radius 1 is 0.800 bits per heavy atom. The average Bonchev–Trinajstić information content (AvgIpc) is 2.85. The largest absolute Gasteiger partial charge is 1.00 e. The van der Waals surface area contributed by atoms with Crippen molar-refractivity contribution in [3.63, 3.8) is 0 Å². The van der Waals surface area contributed by atoms with Crippen LogP contribution in [0.15, 0.2) is 52.4 Å². The summed E-state index contributed by atoms with van der Waals surface area (Å²) in [5.74, 6) is 0.486. The zero-order valence-corrected chi connectivity index (χ0v) is 21.5. The van der Waals surface area contributed by atoms with E-state index in [-0.39, 0.29) is 41.3 Å². The molecule has 1 N–H and O–H groups in total. The summed E-state index contributed by atoms with van der Waals surface area (Å²) in [5.41, 5.74) is 4.73. The molecular weight excluding hydrogens is 461 g/mol. The molecule has 0 heterocycles. The van der Waals surface area contributed by atoms with Gasteiger partial charge in [0.2, 0.25) is 0 Å². The Hall–Kier alpha value is -0.609. The Bertz CT molecular complexity index is 1100. The van der Waals surface area contributed by atoms with E-state index >= 15 is 0 Å². The Labute approximate surface area is 202 Å². The topological polar surface area (TPSA) is 12.0 Å². The molecule has 0 fully saturated rings. The van der Waals surface area contributed by atoms with E-state index < -0.39 is 16.8 Å². The monoisotopic (exact) mass is 495 g/mol. The van der Waals surface area contributed by atoms with Gasteiger partial charge in [-0.15, -0.1) is 0 Å². The van der Waals surface area contributed by atoms with E-state index in [9.17, 15) is 0 Å². The minimum Gasteiger partial charge on any atom is -1.00 e. The summed E-state index contributed by atoms with van der Waals surface area (Å²) in [6.07, 6.45) is 0. The molecular formula is C25H35Cl2NSiTi. The second kappa shape index (κ2) is 9.48. The summed E-state index contributed by atoms with van der Waals surface area (Å²) >= 11 is -2.37. The Morgan fingerprint density at radius 2 is 1.23 bits per heavy atom. The van der Waals surface area contributed by atoms with E-state index in [4.69, 9.17) is 0 Å². The molecule has 0 saturated carbocycles. The summed E-state index contributed by atoms with van der Waals surface area (Å²) in [4.78, 5) is 0. The van der Waals surface area contributed by atoms with Crippen LogP contribution in [0, 0.1) is 0 Å². The zero-order valence-electron chi connectivity index (χ0n) is 18.5. The molecule has 5 heteroatoms. The first kappa shape index (κ1) is 27.4. The molecule has 1 aliphatic carbocycles. The number of nitrogens with one attached hydrogen (secondary N) is 1. The van der Waals surface area contributed by atoms with Crippen LogP contribution >= 0.6 is 0 Å². The number of rotatable bonds is 2. The molecule has 1 aliphatic rings. The van der Waals surface area contributed by atoms with Gasteiger partial charge in [-0.25, -0.2) is 0 Å². The van der Waals surface area contributed by atoms with E-state index in [2.05, 4.69) is 97.4 Å². The van der Waals surface area contributed by atoms with Crippen molar-refractivity contribution in [1.82, 2.24) is 3.80 Å². The predicted octanol–water partition coefficient (Wildman–Crippen LogP) is -0.0493. The van der Waals surface area contributed by atoms with Crippen LogP contribution in [0.3, 0.4) is 0 Å². The van der Waals surface area contributed by atoms with Crippen molar-refractivity contribution < 1.29 is 41.7 Å². The molecule has 3 aromatic carbocycles. The SMILES string of the molecule is CC1=[C]([Ti+2]([CH3])([CH3])[NH]C(C)(C)C)C(C)c2c1c1ccccc1c1ccccc21.[Cl-].[Cl-].[SiH4]. The maximum Gasteiger partial charge on any atom is -0.0149 e. The number of fused-ring (bicyclic) bond motifs is 6. The first-order valence-corrected chi connectivity index (χ1v) is 14.7. The van der Waals surface area contributed by atoms with Gasteiger partial charge in [0, 0.05) is 0 Å². The Morgan fingerprint density at radius 3 is 1.73 bits per heavy atom. The fraction of sp³-hybridized carbons (Fsp3) is 0.360. The molecule has 0 bridgehead atoms. The smallest absolute Gasteiger partial charge is 0.0149 e. The van der Waals surface area contributed by atoms with Crippen molar-refractivity contribution in [3.05, 3.63) is 63.5 Å². The number of halogens is 2. The second-order valence-corrected chi connectivity index (χ2v) is 15.9. The fourth-order valence-corrected chi connectivity index (χ4v) is 12.4. The van der Waals surface area contributed by atoms with E-state index in [0.717, 1.165) is 0 Å². The van der Waals surface area contributed by atoms with E-state index in [1.165, 1.54) is 32.7 Å². The molecule has 1 nitrogen and oxygen atoms in total. The number of hydrogen-bond donors (Lipinski definition) is 1. The molecule has 162 valence electrons. The first-order valence-electron chi connectivity index (χ1n) is 10.1. The van der Waals surface area contributed by atoms with E-state index in [1.807, 2.05) is 0 Å². The van der Waals surface area contributed by atoms with Crippen molar-refractivity contribution in [1.29, 1.82) is 0 Å². The molecule has 30 heavy (non-hydrogen) atoms. The van der Waals surface area contributed by atoms with Crippen LogP contribution in [0.4, 0.5) is 0 Å². The molecule has 0 spiro atoms. The molecule has 0 radical (unpaired) electrons. The van der Waals surface area contributed by atoms with E-state index in [0.29, 0.717) is 5.92 Å². The third kappa shape index (κ3) is 4.46. The fourth-order valence-electron chi connectivity index (χ4n) is 5.64. The van der Waals surface area contributed by atoms with E-state index in [1.54, 1.807) is 9.44 Å². The summed E-state index contributed by atoms with van der Waals surface area (Å²) in [7, 11) is 0. The van der Waals surface area contributed by atoms with Crippen LogP contribution < -0.4 is 28.6 Å². The second-order valence-electron chi connectivity index (χ2n) is 9.64. The maximum atomic E-state index is 4.06. The molecule has 0 saturated heterocycles. The van der Waals surface area contributed by atoms with Crippen LogP contribution in [0.2, 0.25) is 10.5 Å². The minimum atomic E-state index is -2.37. The van der Waals surface area contributed by atoms with Crippen molar-refractivity contribution in [2.45, 2.75) is 56.5 Å². The third-order valence-corrected chi connectivity index (χ3v) is 11.5. The van der Waals surface area contributed by atoms with Crippen LogP contribution in [-0.2, 0) is 16.8 Å². The standard InChI is InChI=1S/C19H15.C4H10N.2CH3.2ClH.H4Si.Ti/c1-12-11-13(2)19-17-10-6-4-8-15(17)14-7-3-5-9-16(14)18(12)19;1-4(2,3)5;;;;;;/h3-10,12H,1-2H3;5H,1-3H3;2*1H3;2*1H;1H4;/q;-1;;;;;;+3/p-2. The Balaban J connectivity index is 0.00000150. The van der Waals surface area contributed by atoms with Gasteiger partial charge in [-0.1, -0.05) is 0 Å². The number of hydrogen-bond acceptors (Lipinski definition) is 1. The molecule has 0 aromatic heterocycles. The summed E-state index contributed by atoms with van der Waals surface area (Å²) < 4.78 is 5.77. The molecule has 4 rings (SSSR count). The van der Waals surface area contributed by atoms with Crippen molar-refractivity contribution in [2.75, 3.05) is 0 Å². The van der Waals surface area contributed by atoms with Crippen molar-refractivity contribution in [3.8, 4) is 0 Å². The van der Waals surface area contributed by atoms with Gasteiger partial charge in [-0.05, 0) is 11.0 Å². The average molecular weight is 496 g/mol. The minimum absolute atomic E-state index is 0. The van der Waals surface area contributed by atoms with Gasteiger partial charge in [0.05, 0.1) is 0 Å². The van der Waals surface area contributed by atoms with Gasteiger partial charge in [-0.2, -0.15) is 0 Å². The predicted molar refractivity (Wildman–Crippen MR) is 128 cm³/mol. The number of allylic oxidation sites excluding steroid dienone is 2. The first-order chi connectivity index (χ1) is 12.6. The summed E-state index contributed by atoms with van der Waals surface area (Å²) in [6, 6.07) is 17.9. The van der Waals surface area contributed by atoms with Crippen LogP contribution in [-0.4, -0.2) is 16.5 Å². The third-order valence-electron chi connectivity index (χ3n) is 5.98. The van der Waals surface area contributed by atoms with Gasteiger partial charge in [0.15, 0.2) is 0 Å². The molecule has 3 aromatic rings. The summed E-state index contributed by atoms with van der Waals surface area (Å²) in [6.45, 7) is 11.7. The van der Waals surface area contributed by atoms with Crippen LogP contribution in [0.1, 0.15) is 51.7 Å². The quantitative estimate of drug-likeness (QED) is 0.388. The molecule has 1 atom stereocenters.